The Balaban J connectivity index is 1.87. The molecule has 0 aliphatic carbocycles. The topological polar surface area (TPSA) is 60.9 Å². The average Bonchev–Trinajstić information content (AvgIpc) is 2.73. The van der Waals surface area contributed by atoms with E-state index in [1.54, 1.807) is 4.90 Å². The van der Waals surface area contributed by atoms with Crippen molar-refractivity contribution in [3.63, 3.8) is 0 Å². The van der Waals surface area contributed by atoms with Gasteiger partial charge in [0.1, 0.15) is 6.23 Å². The lowest BCUT2D eigenvalue weighted by Crippen LogP contribution is -2.52. The number of aliphatic hydroxyl groups is 1. The van der Waals surface area contributed by atoms with E-state index in [1.165, 1.54) is 11.9 Å². The van der Waals surface area contributed by atoms with Crippen molar-refractivity contribution in [1.82, 2.24) is 9.80 Å². The lowest BCUT2D eigenvalue weighted by atomic mass is 10.0. The number of fused-ring (bicyclic) bond motifs is 1. The predicted octanol–water partition coefficient (Wildman–Crippen LogP) is 0.949. The second kappa shape index (κ2) is 4.68. The van der Waals surface area contributed by atoms with Gasteiger partial charge in [0.2, 0.25) is 11.8 Å². The third-order valence-corrected chi connectivity index (χ3v) is 4.27. The summed E-state index contributed by atoms with van der Waals surface area (Å²) in [7, 11) is 1.51. The first-order valence-electron chi connectivity index (χ1n) is 6.82. The molecule has 1 saturated heterocycles. The molecule has 2 atom stereocenters. The van der Waals surface area contributed by atoms with Crippen LogP contribution in [0, 0.1) is 6.92 Å². The minimum atomic E-state index is -0.763. The maximum atomic E-state index is 12.2. The minimum Gasteiger partial charge on any atom is -0.374 e. The first kappa shape index (κ1) is 13.3. The molecule has 0 saturated carbocycles. The Morgan fingerprint density at radius 2 is 2.05 bits per heavy atom. The number of amides is 2. The van der Waals surface area contributed by atoms with Crippen molar-refractivity contribution < 1.29 is 14.7 Å². The summed E-state index contributed by atoms with van der Waals surface area (Å²) in [6, 6.07) is 5.50. The minimum absolute atomic E-state index is 0.145. The van der Waals surface area contributed by atoms with E-state index in [0.717, 1.165) is 16.7 Å². The highest BCUT2D eigenvalue weighted by atomic mass is 16.3. The molecular formula is C15H18N2O3. The van der Waals surface area contributed by atoms with E-state index in [9.17, 15) is 14.7 Å². The lowest BCUT2D eigenvalue weighted by Gasteiger charge is -2.35. The third-order valence-electron chi connectivity index (χ3n) is 4.27. The Bertz CT molecular complexity index is 584. The quantitative estimate of drug-likeness (QED) is 0.775. The Labute approximate surface area is 117 Å². The van der Waals surface area contributed by atoms with Gasteiger partial charge in [-0.15, -0.1) is 0 Å². The van der Waals surface area contributed by atoms with Crippen LogP contribution in [0.15, 0.2) is 18.2 Å². The summed E-state index contributed by atoms with van der Waals surface area (Å²) in [5.41, 5.74) is 3.06. The molecule has 0 bridgehead atoms. The summed E-state index contributed by atoms with van der Waals surface area (Å²) in [5.74, 6) is -0.363. The van der Waals surface area contributed by atoms with E-state index in [0.29, 0.717) is 19.4 Å². The maximum Gasteiger partial charge on any atom is 0.246 e. The fraction of sp³-hybridized carbons (Fsp3) is 0.467. The number of imide groups is 1. The third kappa shape index (κ3) is 1.94. The molecule has 2 heterocycles. The average molecular weight is 274 g/mol. The van der Waals surface area contributed by atoms with Crippen molar-refractivity contribution in [3.8, 4) is 0 Å². The van der Waals surface area contributed by atoms with Crippen LogP contribution in [0.25, 0.3) is 0 Å². The Morgan fingerprint density at radius 1 is 1.30 bits per heavy atom. The number of likely N-dealkylation sites (N-methyl/N-ethyl adjacent to an activating group) is 1. The van der Waals surface area contributed by atoms with E-state index in [4.69, 9.17) is 0 Å². The normalized spacial score (nSPS) is 27.1. The molecule has 2 unspecified atom stereocenters. The number of hydrogen-bond donors (Lipinski definition) is 1. The molecule has 20 heavy (non-hydrogen) atoms. The molecule has 106 valence electrons. The van der Waals surface area contributed by atoms with Gasteiger partial charge in [0.15, 0.2) is 0 Å². The molecule has 1 aromatic rings. The number of carbonyl (C=O) groups excluding carboxylic acids is 2. The number of rotatable bonds is 1. The molecule has 2 amide bonds. The molecule has 0 spiro atoms. The zero-order chi connectivity index (χ0) is 14.4. The van der Waals surface area contributed by atoms with Crippen LogP contribution in [0.1, 0.15) is 35.8 Å². The molecule has 0 radical (unpaired) electrons. The highest BCUT2D eigenvalue weighted by Gasteiger charge is 2.41. The van der Waals surface area contributed by atoms with Crippen LogP contribution in [0.2, 0.25) is 0 Å². The van der Waals surface area contributed by atoms with Crippen molar-refractivity contribution in [2.45, 2.75) is 38.6 Å². The maximum absolute atomic E-state index is 12.2. The number of aliphatic hydroxyl groups excluding tert-OH is 1. The van der Waals surface area contributed by atoms with Crippen molar-refractivity contribution >= 4 is 11.8 Å². The van der Waals surface area contributed by atoms with E-state index in [1.807, 2.05) is 25.1 Å². The Hall–Kier alpha value is -1.72. The van der Waals surface area contributed by atoms with Gasteiger partial charge in [-0.25, -0.2) is 0 Å². The van der Waals surface area contributed by atoms with E-state index < -0.39 is 12.3 Å². The van der Waals surface area contributed by atoms with E-state index in [-0.39, 0.29) is 11.8 Å². The van der Waals surface area contributed by atoms with Crippen LogP contribution < -0.4 is 0 Å². The largest absolute Gasteiger partial charge is 0.374 e. The molecule has 5 heteroatoms. The van der Waals surface area contributed by atoms with Crippen LogP contribution in [0.5, 0.6) is 0 Å². The fourth-order valence-electron chi connectivity index (χ4n) is 3.07. The molecular weight excluding hydrogens is 256 g/mol. The van der Waals surface area contributed by atoms with Crippen LogP contribution in [0.4, 0.5) is 0 Å². The summed E-state index contributed by atoms with van der Waals surface area (Å²) < 4.78 is 0. The molecule has 2 aliphatic rings. The zero-order valence-corrected chi connectivity index (χ0v) is 11.7. The van der Waals surface area contributed by atoms with Gasteiger partial charge in [0.25, 0.3) is 0 Å². The molecule has 3 rings (SSSR count). The first-order chi connectivity index (χ1) is 9.49. The second-order valence-corrected chi connectivity index (χ2v) is 5.59. The zero-order valence-electron chi connectivity index (χ0n) is 11.7. The Kier molecular flexibility index (Phi) is 3.11. The predicted molar refractivity (Wildman–Crippen MR) is 72.5 cm³/mol. The standard InChI is InChI=1S/C15H18N2O3/c1-9-3-4-11-10(7-9)8-17(14(11)19)12-5-6-13(18)16(2)15(12)20/h3-4,7,12,14,19H,5-6,8H2,1-2H3. The van der Waals surface area contributed by atoms with E-state index >= 15 is 0 Å². The summed E-state index contributed by atoms with van der Waals surface area (Å²) >= 11 is 0. The fourth-order valence-corrected chi connectivity index (χ4v) is 3.07. The first-order valence-corrected chi connectivity index (χ1v) is 6.82. The van der Waals surface area contributed by atoms with Crippen LogP contribution in [0.3, 0.4) is 0 Å². The summed E-state index contributed by atoms with van der Waals surface area (Å²) in [6.07, 6.45) is 0.0681. The number of piperidine rings is 1. The van der Waals surface area contributed by atoms with Gasteiger partial charge in [-0.3, -0.25) is 19.4 Å². The summed E-state index contributed by atoms with van der Waals surface area (Å²) in [5, 5.41) is 10.4. The van der Waals surface area contributed by atoms with Gasteiger partial charge in [-0.1, -0.05) is 23.8 Å². The Morgan fingerprint density at radius 3 is 2.80 bits per heavy atom. The summed E-state index contributed by atoms with van der Waals surface area (Å²) in [6.45, 7) is 2.56. The second-order valence-electron chi connectivity index (χ2n) is 5.59. The molecule has 0 aromatic heterocycles. The SMILES string of the molecule is Cc1ccc2c(c1)CN(C1CCC(=O)N(C)C1=O)C2O. The smallest absolute Gasteiger partial charge is 0.246 e. The van der Waals surface area contributed by atoms with Crippen molar-refractivity contribution in [1.29, 1.82) is 0 Å². The van der Waals surface area contributed by atoms with Crippen LogP contribution in [-0.4, -0.2) is 39.8 Å². The number of nitrogens with zero attached hydrogens (tertiary/aromatic N) is 2. The van der Waals surface area contributed by atoms with Crippen molar-refractivity contribution in [2.75, 3.05) is 7.05 Å². The number of benzene rings is 1. The molecule has 1 fully saturated rings. The molecule has 5 nitrogen and oxygen atoms in total. The van der Waals surface area contributed by atoms with E-state index in [2.05, 4.69) is 0 Å². The van der Waals surface area contributed by atoms with Gasteiger partial charge in [0, 0.05) is 20.0 Å². The van der Waals surface area contributed by atoms with Crippen molar-refractivity contribution in [2.24, 2.45) is 0 Å². The van der Waals surface area contributed by atoms with Gasteiger partial charge in [-0.2, -0.15) is 0 Å². The highest BCUT2D eigenvalue weighted by molar-refractivity contribution is 6.00. The molecule has 1 aromatic carbocycles. The number of aryl methyl sites for hydroxylation is 1. The lowest BCUT2D eigenvalue weighted by molar-refractivity contribution is -0.155. The molecule has 1 N–H and O–H groups in total. The van der Waals surface area contributed by atoms with Gasteiger partial charge >= 0.3 is 0 Å². The number of likely N-dealkylation sites (tertiary alicyclic amines) is 1. The monoisotopic (exact) mass is 274 g/mol. The van der Waals surface area contributed by atoms with Gasteiger partial charge in [-0.05, 0) is 24.5 Å². The van der Waals surface area contributed by atoms with Crippen LogP contribution >= 0.6 is 0 Å². The number of carbonyl (C=O) groups is 2. The van der Waals surface area contributed by atoms with Crippen molar-refractivity contribution in [3.05, 3.63) is 34.9 Å². The highest BCUT2D eigenvalue weighted by Crippen LogP contribution is 2.36. The number of hydrogen-bond acceptors (Lipinski definition) is 4. The van der Waals surface area contributed by atoms with Gasteiger partial charge < -0.3 is 5.11 Å². The molecule has 2 aliphatic heterocycles. The van der Waals surface area contributed by atoms with Crippen LogP contribution in [-0.2, 0) is 16.1 Å². The summed E-state index contributed by atoms with van der Waals surface area (Å²) in [4.78, 5) is 26.7. The van der Waals surface area contributed by atoms with Gasteiger partial charge in [0.05, 0.1) is 6.04 Å².